The molecule has 2 rings (SSSR count). The summed E-state index contributed by atoms with van der Waals surface area (Å²) in [6.07, 6.45) is 0. The van der Waals surface area contributed by atoms with Gasteiger partial charge in [0.15, 0.2) is 11.5 Å². The summed E-state index contributed by atoms with van der Waals surface area (Å²) in [5.74, 6) is 1.36. The van der Waals surface area contributed by atoms with Crippen molar-refractivity contribution in [2.24, 2.45) is 5.73 Å². The maximum absolute atomic E-state index is 5.57. The number of methoxy groups -OCH3 is 2. The van der Waals surface area contributed by atoms with Gasteiger partial charge in [0.1, 0.15) is 5.01 Å². The summed E-state index contributed by atoms with van der Waals surface area (Å²) < 4.78 is 11.4. The Bertz CT molecular complexity index is 557. The Balaban J connectivity index is 2.50. The molecule has 6 heteroatoms. The molecule has 0 bridgehead atoms. The molecule has 96 valence electrons. The van der Waals surface area contributed by atoms with E-state index in [0.717, 1.165) is 20.7 Å². The molecule has 0 saturated carbocycles. The van der Waals surface area contributed by atoms with Crippen LogP contribution in [0.15, 0.2) is 22.0 Å². The van der Waals surface area contributed by atoms with Crippen LogP contribution in [-0.4, -0.2) is 19.2 Å². The third-order valence-electron chi connectivity index (χ3n) is 2.46. The molecule has 2 aromatic rings. The monoisotopic (exact) mass is 328 g/mol. The average molecular weight is 329 g/mol. The molecular weight excluding hydrogens is 316 g/mol. The second-order valence-corrected chi connectivity index (χ2v) is 5.25. The molecule has 1 aromatic heterocycles. The standard InChI is InChI=1S/C12H13BrN2O2S/c1-16-10-3-8(9(13)4-11(10)17-2)12-15-7(5-14)6-18-12/h3-4,6H,5,14H2,1-2H3. The van der Waals surface area contributed by atoms with E-state index in [2.05, 4.69) is 20.9 Å². The number of halogens is 1. The molecule has 0 aliphatic rings. The summed E-state index contributed by atoms with van der Waals surface area (Å²) in [6, 6.07) is 3.78. The van der Waals surface area contributed by atoms with Gasteiger partial charge in [0.25, 0.3) is 0 Å². The lowest BCUT2D eigenvalue weighted by Gasteiger charge is -2.10. The van der Waals surface area contributed by atoms with E-state index in [1.165, 1.54) is 0 Å². The van der Waals surface area contributed by atoms with E-state index in [9.17, 15) is 0 Å². The predicted octanol–water partition coefficient (Wildman–Crippen LogP) is 3.05. The highest BCUT2D eigenvalue weighted by Crippen LogP contribution is 2.39. The lowest BCUT2D eigenvalue weighted by Crippen LogP contribution is -1.96. The minimum absolute atomic E-state index is 0.446. The van der Waals surface area contributed by atoms with Gasteiger partial charge < -0.3 is 15.2 Å². The quantitative estimate of drug-likeness (QED) is 0.937. The Hall–Kier alpha value is -1.11. The Morgan fingerprint density at radius 2 is 1.94 bits per heavy atom. The number of aromatic nitrogens is 1. The van der Waals surface area contributed by atoms with Gasteiger partial charge in [0.2, 0.25) is 0 Å². The van der Waals surface area contributed by atoms with Crippen LogP contribution in [0, 0.1) is 0 Å². The fourth-order valence-electron chi connectivity index (χ4n) is 1.54. The van der Waals surface area contributed by atoms with Crippen molar-refractivity contribution < 1.29 is 9.47 Å². The molecule has 0 aliphatic heterocycles. The van der Waals surface area contributed by atoms with Gasteiger partial charge in [0, 0.05) is 22.0 Å². The van der Waals surface area contributed by atoms with Crippen molar-refractivity contribution in [3.05, 3.63) is 27.7 Å². The van der Waals surface area contributed by atoms with Crippen molar-refractivity contribution in [3.8, 4) is 22.1 Å². The first-order valence-electron chi connectivity index (χ1n) is 5.26. The van der Waals surface area contributed by atoms with Crippen molar-refractivity contribution in [2.75, 3.05) is 14.2 Å². The minimum atomic E-state index is 0.446. The van der Waals surface area contributed by atoms with Crippen molar-refractivity contribution in [1.82, 2.24) is 4.98 Å². The van der Waals surface area contributed by atoms with E-state index in [0.29, 0.717) is 18.0 Å². The van der Waals surface area contributed by atoms with Gasteiger partial charge in [-0.15, -0.1) is 11.3 Å². The predicted molar refractivity (Wildman–Crippen MR) is 76.2 cm³/mol. The normalized spacial score (nSPS) is 10.4. The number of rotatable bonds is 4. The lowest BCUT2D eigenvalue weighted by molar-refractivity contribution is 0.355. The van der Waals surface area contributed by atoms with E-state index in [1.54, 1.807) is 25.6 Å². The fourth-order valence-corrected chi connectivity index (χ4v) is 3.05. The molecule has 0 amide bonds. The van der Waals surface area contributed by atoms with Gasteiger partial charge in [-0.1, -0.05) is 0 Å². The van der Waals surface area contributed by atoms with E-state index in [-0.39, 0.29) is 0 Å². The molecule has 0 aliphatic carbocycles. The Morgan fingerprint density at radius 1 is 1.28 bits per heavy atom. The van der Waals surface area contributed by atoms with E-state index in [1.807, 2.05) is 17.5 Å². The second-order valence-electron chi connectivity index (χ2n) is 3.54. The average Bonchev–Trinajstić information content (AvgIpc) is 2.86. The van der Waals surface area contributed by atoms with Gasteiger partial charge >= 0.3 is 0 Å². The first kappa shape index (κ1) is 13.3. The molecule has 0 spiro atoms. The number of nitrogens with two attached hydrogens (primary N) is 1. The molecule has 2 N–H and O–H groups in total. The smallest absolute Gasteiger partial charge is 0.161 e. The van der Waals surface area contributed by atoms with Crippen LogP contribution in [0.25, 0.3) is 10.6 Å². The van der Waals surface area contributed by atoms with Crippen LogP contribution in [0.1, 0.15) is 5.69 Å². The van der Waals surface area contributed by atoms with Gasteiger partial charge in [-0.3, -0.25) is 0 Å². The van der Waals surface area contributed by atoms with Crippen molar-refractivity contribution in [2.45, 2.75) is 6.54 Å². The van der Waals surface area contributed by atoms with Crippen LogP contribution in [0.2, 0.25) is 0 Å². The maximum Gasteiger partial charge on any atom is 0.161 e. The van der Waals surface area contributed by atoms with Gasteiger partial charge in [-0.05, 0) is 28.1 Å². The molecule has 4 nitrogen and oxygen atoms in total. The van der Waals surface area contributed by atoms with Gasteiger partial charge in [-0.25, -0.2) is 4.98 Å². The van der Waals surface area contributed by atoms with Crippen LogP contribution in [-0.2, 0) is 6.54 Å². The molecule has 0 saturated heterocycles. The van der Waals surface area contributed by atoms with Crippen molar-refractivity contribution >= 4 is 27.3 Å². The first-order valence-corrected chi connectivity index (χ1v) is 6.93. The summed E-state index contributed by atoms with van der Waals surface area (Å²) >= 11 is 5.08. The van der Waals surface area contributed by atoms with Gasteiger partial charge in [-0.2, -0.15) is 0 Å². The Morgan fingerprint density at radius 3 is 2.50 bits per heavy atom. The number of benzene rings is 1. The number of thiazole rings is 1. The number of ether oxygens (including phenoxy) is 2. The second kappa shape index (κ2) is 5.69. The number of hydrogen-bond acceptors (Lipinski definition) is 5. The number of nitrogens with zero attached hydrogens (tertiary/aromatic N) is 1. The van der Waals surface area contributed by atoms with Crippen LogP contribution in [0.5, 0.6) is 11.5 Å². The highest BCUT2D eigenvalue weighted by atomic mass is 79.9. The number of hydrogen-bond donors (Lipinski definition) is 1. The molecule has 0 fully saturated rings. The van der Waals surface area contributed by atoms with Crippen LogP contribution in [0.4, 0.5) is 0 Å². The Labute approximate surface area is 118 Å². The highest BCUT2D eigenvalue weighted by Gasteiger charge is 2.13. The third-order valence-corrected chi connectivity index (χ3v) is 4.04. The van der Waals surface area contributed by atoms with Crippen LogP contribution >= 0.6 is 27.3 Å². The van der Waals surface area contributed by atoms with Crippen molar-refractivity contribution in [3.63, 3.8) is 0 Å². The summed E-state index contributed by atoms with van der Waals surface area (Å²) in [6.45, 7) is 0.446. The fraction of sp³-hybridized carbons (Fsp3) is 0.250. The summed E-state index contributed by atoms with van der Waals surface area (Å²) in [7, 11) is 3.22. The van der Waals surface area contributed by atoms with Crippen LogP contribution in [0.3, 0.4) is 0 Å². The topological polar surface area (TPSA) is 57.4 Å². The van der Waals surface area contributed by atoms with E-state index < -0.39 is 0 Å². The van der Waals surface area contributed by atoms with Crippen LogP contribution < -0.4 is 15.2 Å². The summed E-state index contributed by atoms with van der Waals surface area (Å²) in [4.78, 5) is 4.46. The third kappa shape index (κ3) is 2.50. The first-order chi connectivity index (χ1) is 8.69. The zero-order valence-electron chi connectivity index (χ0n) is 10.1. The Kier molecular flexibility index (Phi) is 4.21. The maximum atomic E-state index is 5.57. The van der Waals surface area contributed by atoms with E-state index >= 15 is 0 Å². The SMILES string of the molecule is COc1cc(Br)c(-c2nc(CN)cs2)cc1OC. The van der Waals surface area contributed by atoms with Gasteiger partial charge in [0.05, 0.1) is 19.9 Å². The minimum Gasteiger partial charge on any atom is -0.493 e. The molecule has 1 aromatic carbocycles. The zero-order valence-corrected chi connectivity index (χ0v) is 12.5. The van der Waals surface area contributed by atoms with E-state index in [4.69, 9.17) is 15.2 Å². The zero-order chi connectivity index (χ0) is 13.1. The molecule has 0 radical (unpaired) electrons. The molecular formula is C12H13BrN2O2S. The lowest BCUT2D eigenvalue weighted by atomic mass is 10.2. The summed E-state index contributed by atoms with van der Waals surface area (Å²) in [5.41, 5.74) is 7.42. The summed E-state index contributed by atoms with van der Waals surface area (Å²) in [5, 5.41) is 2.86. The molecule has 0 atom stereocenters. The van der Waals surface area contributed by atoms with Crippen molar-refractivity contribution in [1.29, 1.82) is 0 Å². The highest BCUT2D eigenvalue weighted by molar-refractivity contribution is 9.10. The molecule has 18 heavy (non-hydrogen) atoms. The largest absolute Gasteiger partial charge is 0.493 e. The molecule has 0 unspecified atom stereocenters. The molecule has 1 heterocycles.